The zero-order valence-electron chi connectivity index (χ0n) is 12.0. The molecule has 0 spiro atoms. The molecule has 2 nitrogen and oxygen atoms in total. The highest BCUT2D eigenvalue weighted by Crippen LogP contribution is 2.29. The molecule has 1 N–H and O–H groups in total. The van der Waals surface area contributed by atoms with Gasteiger partial charge >= 0.3 is 0 Å². The summed E-state index contributed by atoms with van der Waals surface area (Å²) in [5, 5.41) is 3.50. The van der Waals surface area contributed by atoms with Gasteiger partial charge in [0.15, 0.2) is 0 Å². The van der Waals surface area contributed by atoms with E-state index >= 15 is 0 Å². The van der Waals surface area contributed by atoms with Gasteiger partial charge in [0.2, 0.25) is 0 Å². The SMILES string of the molecule is CCCN(C1CCNC1)C(CC)c1cccc(Br)c1. The molecule has 0 bridgehead atoms. The van der Waals surface area contributed by atoms with Crippen LogP contribution in [-0.4, -0.2) is 30.6 Å². The van der Waals surface area contributed by atoms with Crippen molar-refractivity contribution in [3.63, 3.8) is 0 Å². The molecule has 1 aromatic rings. The third kappa shape index (κ3) is 3.80. The van der Waals surface area contributed by atoms with Crippen LogP contribution in [0.1, 0.15) is 44.7 Å². The van der Waals surface area contributed by atoms with Gasteiger partial charge in [-0.15, -0.1) is 0 Å². The van der Waals surface area contributed by atoms with Crippen molar-refractivity contribution in [2.24, 2.45) is 0 Å². The number of hydrogen-bond donors (Lipinski definition) is 1. The van der Waals surface area contributed by atoms with E-state index in [1.165, 1.54) is 42.4 Å². The lowest BCUT2D eigenvalue weighted by Crippen LogP contribution is -2.40. The molecule has 0 radical (unpaired) electrons. The molecule has 1 heterocycles. The molecule has 106 valence electrons. The Morgan fingerprint density at radius 3 is 2.84 bits per heavy atom. The standard InChI is InChI=1S/C16H25BrN2/c1-3-10-19(15-8-9-18-12-15)16(4-2)13-6-5-7-14(17)11-13/h5-7,11,15-16,18H,3-4,8-10,12H2,1-2H3. The molecule has 0 aromatic heterocycles. The maximum absolute atomic E-state index is 3.60. The summed E-state index contributed by atoms with van der Waals surface area (Å²) < 4.78 is 1.18. The first-order valence-electron chi connectivity index (χ1n) is 7.48. The molecule has 0 aliphatic carbocycles. The van der Waals surface area contributed by atoms with E-state index in [4.69, 9.17) is 0 Å². The van der Waals surface area contributed by atoms with Crippen molar-refractivity contribution in [2.45, 2.75) is 45.2 Å². The van der Waals surface area contributed by atoms with Gasteiger partial charge in [0.05, 0.1) is 0 Å². The Bertz CT molecular complexity index is 388. The van der Waals surface area contributed by atoms with E-state index in [-0.39, 0.29) is 0 Å². The Kier molecular flexibility index (Phi) is 5.86. The lowest BCUT2D eigenvalue weighted by atomic mass is 10.00. The lowest BCUT2D eigenvalue weighted by molar-refractivity contribution is 0.138. The minimum absolute atomic E-state index is 0.544. The van der Waals surface area contributed by atoms with Crippen molar-refractivity contribution < 1.29 is 0 Å². The molecule has 0 saturated carbocycles. The Labute approximate surface area is 125 Å². The fraction of sp³-hybridized carbons (Fsp3) is 0.625. The van der Waals surface area contributed by atoms with Crippen LogP contribution in [0, 0.1) is 0 Å². The van der Waals surface area contributed by atoms with Crippen LogP contribution in [-0.2, 0) is 0 Å². The molecular weight excluding hydrogens is 300 g/mol. The highest BCUT2D eigenvalue weighted by molar-refractivity contribution is 9.10. The van der Waals surface area contributed by atoms with Crippen LogP contribution >= 0.6 is 15.9 Å². The maximum atomic E-state index is 3.60. The summed E-state index contributed by atoms with van der Waals surface area (Å²) >= 11 is 3.60. The molecule has 2 atom stereocenters. The number of nitrogens with zero attached hydrogens (tertiary/aromatic N) is 1. The zero-order valence-corrected chi connectivity index (χ0v) is 13.6. The topological polar surface area (TPSA) is 15.3 Å². The first-order chi connectivity index (χ1) is 9.26. The van der Waals surface area contributed by atoms with Gasteiger partial charge < -0.3 is 5.32 Å². The summed E-state index contributed by atoms with van der Waals surface area (Å²) in [6, 6.07) is 10.0. The first kappa shape index (κ1) is 15.0. The third-order valence-corrected chi connectivity index (χ3v) is 4.50. The van der Waals surface area contributed by atoms with E-state index in [0.717, 1.165) is 6.54 Å². The van der Waals surface area contributed by atoms with Crippen LogP contribution in [0.4, 0.5) is 0 Å². The van der Waals surface area contributed by atoms with Crippen LogP contribution in [0.5, 0.6) is 0 Å². The Morgan fingerprint density at radius 2 is 2.26 bits per heavy atom. The molecule has 1 aliphatic rings. The summed E-state index contributed by atoms with van der Waals surface area (Å²) in [7, 11) is 0. The molecule has 1 aromatic carbocycles. The fourth-order valence-corrected chi connectivity index (χ4v) is 3.57. The summed E-state index contributed by atoms with van der Waals surface area (Å²) in [5.74, 6) is 0. The molecule has 0 amide bonds. The Hall–Kier alpha value is -0.380. The number of halogens is 1. The summed E-state index contributed by atoms with van der Waals surface area (Å²) in [4.78, 5) is 2.71. The minimum atomic E-state index is 0.544. The minimum Gasteiger partial charge on any atom is -0.315 e. The van der Waals surface area contributed by atoms with Crippen molar-refractivity contribution in [3.8, 4) is 0 Å². The highest BCUT2D eigenvalue weighted by Gasteiger charge is 2.27. The van der Waals surface area contributed by atoms with Gasteiger partial charge in [0, 0.05) is 23.1 Å². The van der Waals surface area contributed by atoms with E-state index < -0.39 is 0 Å². The lowest BCUT2D eigenvalue weighted by Gasteiger charge is -2.36. The molecular formula is C16H25BrN2. The number of hydrogen-bond acceptors (Lipinski definition) is 2. The predicted molar refractivity (Wildman–Crippen MR) is 85.4 cm³/mol. The average Bonchev–Trinajstić information content (AvgIpc) is 2.92. The zero-order chi connectivity index (χ0) is 13.7. The van der Waals surface area contributed by atoms with Crippen molar-refractivity contribution in [2.75, 3.05) is 19.6 Å². The van der Waals surface area contributed by atoms with Crippen molar-refractivity contribution in [3.05, 3.63) is 34.3 Å². The van der Waals surface area contributed by atoms with Gasteiger partial charge in [-0.2, -0.15) is 0 Å². The second kappa shape index (κ2) is 7.41. The molecule has 19 heavy (non-hydrogen) atoms. The van der Waals surface area contributed by atoms with Gasteiger partial charge in [-0.1, -0.05) is 41.9 Å². The van der Waals surface area contributed by atoms with E-state index in [1.54, 1.807) is 0 Å². The summed E-state index contributed by atoms with van der Waals surface area (Å²) in [5.41, 5.74) is 1.44. The van der Waals surface area contributed by atoms with Crippen LogP contribution < -0.4 is 5.32 Å². The van der Waals surface area contributed by atoms with E-state index in [0.29, 0.717) is 12.1 Å². The number of nitrogens with one attached hydrogen (secondary N) is 1. The van der Waals surface area contributed by atoms with Gasteiger partial charge in [0.25, 0.3) is 0 Å². The van der Waals surface area contributed by atoms with E-state index in [9.17, 15) is 0 Å². The fourth-order valence-electron chi connectivity index (χ4n) is 3.15. The smallest absolute Gasteiger partial charge is 0.0349 e. The molecule has 2 unspecified atom stereocenters. The molecule has 2 rings (SSSR count). The molecule has 3 heteroatoms. The van der Waals surface area contributed by atoms with Gasteiger partial charge in [-0.3, -0.25) is 4.90 Å². The van der Waals surface area contributed by atoms with Crippen LogP contribution in [0.3, 0.4) is 0 Å². The highest BCUT2D eigenvalue weighted by atomic mass is 79.9. The van der Waals surface area contributed by atoms with Gasteiger partial charge in [-0.05, 0) is 50.0 Å². The maximum Gasteiger partial charge on any atom is 0.0349 e. The second-order valence-electron chi connectivity index (χ2n) is 5.36. The van der Waals surface area contributed by atoms with Crippen LogP contribution in [0.25, 0.3) is 0 Å². The molecule has 1 aliphatic heterocycles. The van der Waals surface area contributed by atoms with E-state index in [1.807, 2.05) is 0 Å². The summed E-state index contributed by atoms with van der Waals surface area (Å²) in [6.45, 7) is 8.08. The Morgan fingerprint density at radius 1 is 1.42 bits per heavy atom. The molecule has 1 saturated heterocycles. The second-order valence-corrected chi connectivity index (χ2v) is 6.28. The van der Waals surface area contributed by atoms with Crippen LogP contribution in [0.15, 0.2) is 28.7 Å². The van der Waals surface area contributed by atoms with Crippen molar-refractivity contribution in [1.29, 1.82) is 0 Å². The number of benzene rings is 1. The quantitative estimate of drug-likeness (QED) is 0.851. The largest absolute Gasteiger partial charge is 0.315 e. The Balaban J connectivity index is 2.20. The normalized spacial score (nSPS) is 20.9. The monoisotopic (exact) mass is 324 g/mol. The summed E-state index contributed by atoms with van der Waals surface area (Å²) in [6.07, 6.45) is 3.68. The average molecular weight is 325 g/mol. The van der Waals surface area contributed by atoms with Gasteiger partial charge in [-0.25, -0.2) is 0 Å². The van der Waals surface area contributed by atoms with Crippen molar-refractivity contribution >= 4 is 15.9 Å². The third-order valence-electron chi connectivity index (χ3n) is 4.01. The van der Waals surface area contributed by atoms with Crippen LogP contribution in [0.2, 0.25) is 0 Å². The van der Waals surface area contributed by atoms with Crippen molar-refractivity contribution in [1.82, 2.24) is 10.2 Å². The van der Waals surface area contributed by atoms with Gasteiger partial charge in [0.1, 0.15) is 0 Å². The van der Waals surface area contributed by atoms with E-state index in [2.05, 4.69) is 64.3 Å². The molecule has 1 fully saturated rings. The predicted octanol–water partition coefficient (Wildman–Crippen LogP) is 3.97. The number of rotatable bonds is 6. The first-order valence-corrected chi connectivity index (χ1v) is 8.27.